The van der Waals surface area contributed by atoms with Gasteiger partial charge in [-0.3, -0.25) is 9.59 Å². The molecule has 1 heterocycles. The quantitative estimate of drug-likeness (QED) is 0.0195. The number of carbonyl (C=O) groups excluding carboxylic acids is 2. The standard InChI is InChI=1S/C75H139NO10/c1-4-7-10-13-16-19-22-25-27-29-31-32-33-34-35-36-37-38-39-41-43-45-48-51-54-57-60-63-70(80)86-73-72(82)71(81)69(64-77)85-75(73)84-65-66(67(78)61-58-55-52-49-46-24-21-18-15-12-9-6-3)76-74(83)68(79)62-59-56-53-50-47-44-42-40-30-28-26-23-20-17-14-11-8-5-2/h17,20,26,28,40,42,58,61,66-69,71-73,75,77-79,81-82H,4-16,18-19,21-25,27,29-39,41,43-57,59-60,62-65H2,1-3H3,(H,76,83)/b20-17-,28-26-,42-40-,61-58+. The number of allylic oxidation sites excluding steroid dienone is 7. The average molecular weight is 1210 g/mol. The molecule has 0 bridgehead atoms. The van der Waals surface area contributed by atoms with Gasteiger partial charge in [0.1, 0.15) is 24.4 Å². The molecule has 1 aliphatic heterocycles. The van der Waals surface area contributed by atoms with Gasteiger partial charge in [-0.15, -0.1) is 0 Å². The van der Waals surface area contributed by atoms with Crippen molar-refractivity contribution >= 4 is 11.9 Å². The summed E-state index contributed by atoms with van der Waals surface area (Å²) < 4.78 is 17.7. The molecule has 11 heteroatoms. The van der Waals surface area contributed by atoms with Gasteiger partial charge in [-0.2, -0.15) is 0 Å². The molecule has 6 N–H and O–H groups in total. The lowest BCUT2D eigenvalue weighted by Crippen LogP contribution is -2.61. The van der Waals surface area contributed by atoms with E-state index in [0.29, 0.717) is 12.8 Å². The molecule has 0 spiro atoms. The Morgan fingerprint density at radius 2 is 0.802 bits per heavy atom. The van der Waals surface area contributed by atoms with Crippen LogP contribution < -0.4 is 5.32 Å². The molecule has 8 atom stereocenters. The molecular formula is C75H139NO10. The first-order valence-electron chi connectivity index (χ1n) is 36.9. The van der Waals surface area contributed by atoms with E-state index in [2.05, 4.69) is 62.5 Å². The van der Waals surface area contributed by atoms with Gasteiger partial charge in [0.2, 0.25) is 5.91 Å². The normalized spacial score (nSPS) is 18.5. The summed E-state index contributed by atoms with van der Waals surface area (Å²) >= 11 is 0. The van der Waals surface area contributed by atoms with Crippen LogP contribution in [0.3, 0.4) is 0 Å². The maximum atomic E-state index is 13.5. The van der Waals surface area contributed by atoms with Crippen molar-refractivity contribution in [3.05, 3.63) is 48.6 Å². The fourth-order valence-corrected chi connectivity index (χ4v) is 11.7. The number of aliphatic hydroxyl groups is 5. The summed E-state index contributed by atoms with van der Waals surface area (Å²) in [5, 5.41) is 57.2. The molecule has 0 radical (unpaired) electrons. The molecule has 0 aromatic carbocycles. The van der Waals surface area contributed by atoms with Crippen molar-refractivity contribution in [3.8, 4) is 0 Å². The Balaban J connectivity index is 2.52. The van der Waals surface area contributed by atoms with Crippen LogP contribution in [0.15, 0.2) is 48.6 Å². The number of hydrogen-bond donors (Lipinski definition) is 6. The second-order valence-corrected chi connectivity index (χ2v) is 25.7. The van der Waals surface area contributed by atoms with Gasteiger partial charge in [0.25, 0.3) is 0 Å². The third kappa shape index (κ3) is 49.4. The maximum Gasteiger partial charge on any atom is 0.306 e. The maximum absolute atomic E-state index is 13.5. The van der Waals surface area contributed by atoms with E-state index in [0.717, 1.165) is 83.5 Å². The molecule has 0 aromatic rings. The highest BCUT2D eigenvalue weighted by molar-refractivity contribution is 5.80. The Labute approximate surface area is 529 Å². The van der Waals surface area contributed by atoms with E-state index in [-0.39, 0.29) is 19.4 Å². The summed E-state index contributed by atoms with van der Waals surface area (Å²) in [5.74, 6) is -1.19. The summed E-state index contributed by atoms with van der Waals surface area (Å²) in [4.78, 5) is 26.7. The lowest BCUT2D eigenvalue weighted by atomic mass is 9.99. The minimum Gasteiger partial charge on any atom is -0.454 e. The zero-order chi connectivity index (χ0) is 62.4. The highest BCUT2D eigenvalue weighted by atomic mass is 16.7. The number of amides is 1. The minimum atomic E-state index is -1.62. The van der Waals surface area contributed by atoms with Crippen molar-refractivity contribution in [2.75, 3.05) is 13.2 Å². The van der Waals surface area contributed by atoms with Crippen molar-refractivity contribution in [2.24, 2.45) is 0 Å². The number of rotatable bonds is 64. The molecule has 1 fully saturated rings. The van der Waals surface area contributed by atoms with Gasteiger partial charge in [-0.05, 0) is 64.2 Å². The third-order valence-corrected chi connectivity index (χ3v) is 17.5. The van der Waals surface area contributed by atoms with E-state index in [1.54, 1.807) is 6.08 Å². The van der Waals surface area contributed by atoms with Gasteiger partial charge in [0.15, 0.2) is 12.4 Å². The number of unbranched alkanes of at least 4 members (excludes halogenated alkanes) is 44. The van der Waals surface area contributed by atoms with Crippen molar-refractivity contribution in [2.45, 2.75) is 404 Å². The van der Waals surface area contributed by atoms with Gasteiger partial charge < -0.3 is 45.1 Å². The Kier molecular flexibility index (Phi) is 59.6. The zero-order valence-electron chi connectivity index (χ0n) is 56.2. The van der Waals surface area contributed by atoms with Gasteiger partial charge in [0, 0.05) is 6.42 Å². The van der Waals surface area contributed by atoms with E-state index >= 15 is 0 Å². The molecule has 1 amide bonds. The van der Waals surface area contributed by atoms with Crippen molar-refractivity contribution in [1.82, 2.24) is 5.32 Å². The second kappa shape index (κ2) is 62.8. The van der Waals surface area contributed by atoms with Gasteiger partial charge in [-0.1, -0.05) is 333 Å². The van der Waals surface area contributed by atoms with Crippen molar-refractivity contribution in [3.63, 3.8) is 0 Å². The van der Waals surface area contributed by atoms with E-state index in [4.69, 9.17) is 14.2 Å². The van der Waals surface area contributed by atoms with Crippen LogP contribution >= 0.6 is 0 Å². The first kappa shape index (κ1) is 81.6. The molecule has 0 aromatic heterocycles. The average Bonchev–Trinajstić information content (AvgIpc) is 3.59. The molecule has 86 heavy (non-hydrogen) atoms. The zero-order valence-corrected chi connectivity index (χ0v) is 56.2. The van der Waals surface area contributed by atoms with E-state index in [9.17, 15) is 35.1 Å². The summed E-state index contributed by atoms with van der Waals surface area (Å²) in [5.41, 5.74) is 0. The smallest absolute Gasteiger partial charge is 0.306 e. The van der Waals surface area contributed by atoms with Crippen LogP contribution in [0.4, 0.5) is 0 Å². The number of esters is 1. The number of carbonyl (C=O) groups is 2. The van der Waals surface area contributed by atoms with Crippen LogP contribution in [0.25, 0.3) is 0 Å². The van der Waals surface area contributed by atoms with Crippen LogP contribution in [0.2, 0.25) is 0 Å². The fraction of sp³-hybridized carbons (Fsp3) is 0.867. The number of ether oxygens (including phenoxy) is 3. The second-order valence-electron chi connectivity index (χ2n) is 25.7. The molecule has 504 valence electrons. The Morgan fingerprint density at radius 1 is 0.453 bits per heavy atom. The Morgan fingerprint density at radius 3 is 1.22 bits per heavy atom. The summed E-state index contributed by atoms with van der Waals surface area (Å²) in [6, 6.07) is -1.03. The highest BCUT2D eigenvalue weighted by Crippen LogP contribution is 2.26. The number of aliphatic hydroxyl groups excluding tert-OH is 5. The Bertz CT molecular complexity index is 1590. The molecule has 0 aliphatic carbocycles. The first-order chi connectivity index (χ1) is 42.2. The Hall–Kier alpha value is -2.38. The molecular weight excluding hydrogens is 1070 g/mol. The van der Waals surface area contributed by atoms with Crippen LogP contribution in [0, 0.1) is 0 Å². The molecule has 11 nitrogen and oxygen atoms in total. The fourth-order valence-electron chi connectivity index (χ4n) is 11.7. The summed E-state index contributed by atoms with van der Waals surface area (Å²) in [6.07, 6.45) is 68.8. The van der Waals surface area contributed by atoms with Crippen LogP contribution in [-0.4, -0.2) is 99.6 Å². The molecule has 1 rings (SSSR count). The van der Waals surface area contributed by atoms with E-state index in [1.165, 1.54) is 225 Å². The minimum absolute atomic E-state index is 0.126. The van der Waals surface area contributed by atoms with Crippen LogP contribution in [-0.2, 0) is 23.8 Å². The summed E-state index contributed by atoms with van der Waals surface area (Å²) in [7, 11) is 0. The molecule has 1 saturated heterocycles. The monoisotopic (exact) mass is 1210 g/mol. The third-order valence-electron chi connectivity index (χ3n) is 17.5. The lowest BCUT2D eigenvalue weighted by molar-refractivity contribution is -0.305. The highest BCUT2D eigenvalue weighted by Gasteiger charge is 2.47. The van der Waals surface area contributed by atoms with Crippen molar-refractivity contribution < 1.29 is 49.3 Å². The van der Waals surface area contributed by atoms with Crippen LogP contribution in [0.1, 0.15) is 355 Å². The predicted molar refractivity (Wildman–Crippen MR) is 361 cm³/mol. The molecule has 8 unspecified atom stereocenters. The predicted octanol–water partition coefficient (Wildman–Crippen LogP) is 19.1. The number of nitrogens with one attached hydrogen (secondary N) is 1. The number of hydrogen-bond acceptors (Lipinski definition) is 10. The molecule has 1 aliphatic rings. The van der Waals surface area contributed by atoms with Gasteiger partial charge in [0.05, 0.1) is 25.4 Å². The van der Waals surface area contributed by atoms with Crippen LogP contribution in [0.5, 0.6) is 0 Å². The molecule has 0 saturated carbocycles. The largest absolute Gasteiger partial charge is 0.454 e. The lowest BCUT2D eigenvalue weighted by Gasteiger charge is -2.41. The first-order valence-corrected chi connectivity index (χ1v) is 36.9. The van der Waals surface area contributed by atoms with E-state index in [1.807, 2.05) is 6.08 Å². The summed E-state index contributed by atoms with van der Waals surface area (Å²) in [6.45, 7) is 5.80. The van der Waals surface area contributed by atoms with Crippen molar-refractivity contribution in [1.29, 1.82) is 0 Å². The van der Waals surface area contributed by atoms with E-state index < -0.39 is 67.4 Å². The SMILES string of the molecule is CCCCC/C=C\C/C=C\C/C=C\CCCCCCCC(O)C(=O)NC(COC1OC(CO)C(O)C(O)C1OC(=O)CCCCCCCCCCCCCCCCCCCCCCCCCCCCC)C(O)/C=C/CCCCCCCCCCCC. The topological polar surface area (TPSA) is 175 Å². The van der Waals surface area contributed by atoms with Gasteiger partial charge >= 0.3 is 5.97 Å². The van der Waals surface area contributed by atoms with Gasteiger partial charge in [-0.25, -0.2) is 0 Å².